The van der Waals surface area contributed by atoms with E-state index in [0.29, 0.717) is 23.1 Å². The Morgan fingerprint density at radius 1 is 1.40 bits per heavy atom. The van der Waals surface area contributed by atoms with E-state index in [4.69, 9.17) is 28.3 Å². The summed E-state index contributed by atoms with van der Waals surface area (Å²) in [5.41, 5.74) is 1.55. The summed E-state index contributed by atoms with van der Waals surface area (Å²) < 4.78 is 1.44. The minimum atomic E-state index is -1.10. The molecule has 2 rings (SSSR count). The number of carbonyl (C=O) groups is 1. The fourth-order valence-electron chi connectivity index (χ4n) is 1.59. The number of aromatic nitrogens is 3. The Morgan fingerprint density at radius 2 is 2.15 bits per heavy atom. The SMILES string of the molecule is Cc1cc(Cl)c(NCCn2cc(C(=O)O)nn2)cc1Cl. The molecule has 0 aliphatic heterocycles. The first kappa shape index (κ1) is 14.6. The van der Waals surface area contributed by atoms with Crippen LogP contribution in [0, 0.1) is 6.92 Å². The average Bonchev–Trinajstić information content (AvgIpc) is 2.84. The molecule has 1 heterocycles. The van der Waals surface area contributed by atoms with E-state index in [1.165, 1.54) is 10.9 Å². The zero-order chi connectivity index (χ0) is 14.7. The molecule has 8 heteroatoms. The van der Waals surface area contributed by atoms with Crippen LogP contribution in [0.15, 0.2) is 18.3 Å². The number of benzene rings is 1. The van der Waals surface area contributed by atoms with Gasteiger partial charge in [0.25, 0.3) is 0 Å². The quantitative estimate of drug-likeness (QED) is 0.887. The van der Waals surface area contributed by atoms with Gasteiger partial charge in [-0.3, -0.25) is 0 Å². The van der Waals surface area contributed by atoms with E-state index in [1.54, 1.807) is 12.1 Å². The number of aromatic carboxylic acids is 1. The van der Waals surface area contributed by atoms with Crippen LogP contribution in [0.1, 0.15) is 16.1 Å². The van der Waals surface area contributed by atoms with Crippen molar-refractivity contribution in [1.82, 2.24) is 15.0 Å². The van der Waals surface area contributed by atoms with Crippen LogP contribution in [-0.2, 0) is 6.54 Å². The first-order chi connectivity index (χ1) is 9.47. The highest BCUT2D eigenvalue weighted by Crippen LogP contribution is 2.28. The minimum Gasteiger partial charge on any atom is -0.476 e. The van der Waals surface area contributed by atoms with Gasteiger partial charge in [0.1, 0.15) is 0 Å². The third-order valence-corrected chi connectivity index (χ3v) is 3.38. The third kappa shape index (κ3) is 3.40. The summed E-state index contributed by atoms with van der Waals surface area (Å²) in [5, 5.41) is 20.3. The molecule has 2 aromatic rings. The van der Waals surface area contributed by atoms with Gasteiger partial charge in [0.2, 0.25) is 0 Å². The first-order valence-electron chi connectivity index (χ1n) is 5.80. The largest absolute Gasteiger partial charge is 0.476 e. The van der Waals surface area contributed by atoms with E-state index in [1.807, 2.05) is 6.92 Å². The lowest BCUT2D eigenvalue weighted by molar-refractivity contribution is 0.0690. The molecule has 0 aliphatic rings. The fourth-order valence-corrected chi connectivity index (χ4v) is 2.04. The fraction of sp³-hybridized carbons (Fsp3) is 0.250. The second-order valence-corrected chi connectivity index (χ2v) is 4.99. The van der Waals surface area contributed by atoms with Crippen molar-refractivity contribution < 1.29 is 9.90 Å². The molecule has 0 unspecified atom stereocenters. The molecular weight excluding hydrogens is 303 g/mol. The van der Waals surface area contributed by atoms with Gasteiger partial charge in [-0.05, 0) is 24.6 Å². The lowest BCUT2D eigenvalue weighted by Gasteiger charge is -2.10. The molecule has 0 bridgehead atoms. The zero-order valence-corrected chi connectivity index (χ0v) is 12.1. The van der Waals surface area contributed by atoms with Crippen LogP contribution in [0.3, 0.4) is 0 Å². The molecule has 0 radical (unpaired) electrons. The standard InChI is InChI=1S/C12H12Cl2N4O2/c1-7-4-9(14)10(5-8(7)13)15-2-3-18-6-11(12(19)20)16-17-18/h4-6,15H,2-3H2,1H3,(H,19,20). The van der Waals surface area contributed by atoms with E-state index in [0.717, 1.165) is 11.3 Å². The van der Waals surface area contributed by atoms with Gasteiger partial charge in [-0.2, -0.15) is 0 Å². The molecule has 0 saturated heterocycles. The molecule has 6 nitrogen and oxygen atoms in total. The monoisotopic (exact) mass is 314 g/mol. The highest BCUT2D eigenvalue weighted by Gasteiger charge is 2.08. The van der Waals surface area contributed by atoms with Gasteiger partial charge in [0, 0.05) is 11.6 Å². The molecule has 1 aromatic heterocycles. The van der Waals surface area contributed by atoms with Crippen LogP contribution in [0.4, 0.5) is 5.69 Å². The van der Waals surface area contributed by atoms with Crippen molar-refractivity contribution in [3.05, 3.63) is 39.6 Å². The van der Waals surface area contributed by atoms with Crippen molar-refractivity contribution >= 4 is 34.9 Å². The van der Waals surface area contributed by atoms with Gasteiger partial charge in [-0.25, -0.2) is 9.48 Å². The Kier molecular flexibility index (Phi) is 4.46. The molecule has 0 amide bonds. The Morgan fingerprint density at radius 3 is 2.80 bits per heavy atom. The molecule has 0 saturated carbocycles. The average molecular weight is 315 g/mol. The normalized spacial score (nSPS) is 10.6. The summed E-state index contributed by atoms with van der Waals surface area (Å²) in [6, 6.07) is 3.54. The van der Waals surface area contributed by atoms with Crippen LogP contribution >= 0.6 is 23.2 Å². The van der Waals surface area contributed by atoms with Crippen LogP contribution in [0.5, 0.6) is 0 Å². The van der Waals surface area contributed by atoms with Crippen LogP contribution < -0.4 is 5.32 Å². The number of carboxylic acid groups (broad SMARTS) is 1. The number of hydrogen-bond acceptors (Lipinski definition) is 4. The third-order valence-electron chi connectivity index (χ3n) is 2.66. The topological polar surface area (TPSA) is 80.0 Å². The maximum atomic E-state index is 10.7. The van der Waals surface area contributed by atoms with Gasteiger partial charge in [-0.1, -0.05) is 28.4 Å². The number of hydrogen-bond donors (Lipinski definition) is 2. The highest BCUT2D eigenvalue weighted by molar-refractivity contribution is 6.35. The minimum absolute atomic E-state index is 0.0820. The highest BCUT2D eigenvalue weighted by atomic mass is 35.5. The second kappa shape index (κ2) is 6.11. The maximum Gasteiger partial charge on any atom is 0.358 e. The Balaban J connectivity index is 1.95. The van der Waals surface area contributed by atoms with Crippen molar-refractivity contribution in [3.63, 3.8) is 0 Å². The van der Waals surface area contributed by atoms with E-state index in [9.17, 15) is 4.79 Å². The summed E-state index contributed by atoms with van der Waals surface area (Å²) in [4.78, 5) is 10.7. The van der Waals surface area contributed by atoms with Gasteiger partial charge in [-0.15, -0.1) is 5.10 Å². The molecule has 0 spiro atoms. The maximum absolute atomic E-state index is 10.7. The van der Waals surface area contributed by atoms with Crippen molar-refractivity contribution in [2.45, 2.75) is 13.5 Å². The van der Waals surface area contributed by atoms with Gasteiger partial charge >= 0.3 is 5.97 Å². The smallest absolute Gasteiger partial charge is 0.358 e. The molecular formula is C12H12Cl2N4O2. The lowest BCUT2D eigenvalue weighted by atomic mass is 10.2. The first-order valence-corrected chi connectivity index (χ1v) is 6.56. The molecule has 106 valence electrons. The lowest BCUT2D eigenvalue weighted by Crippen LogP contribution is -2.11. The molecule has 20 heavy (non-hydrogen) atoms. The summed E-state index contributed by atoms with van der Waals surface area (Å²) >= 11 is 12.1. The molecule has 0 fully saturated rings. The summed E-state index contributed by atoms with van der Waals surface area (Å²) in [7, 11) is 0. The predicted molar refractivity (Wildman–Crippen MR) is 76.7 cm³/mol. The zero-order valence-electron chi connectivity index (χ0n) is 10.6. The number of aryl methyl sites for hydroxylation is 1. The Hall–Kier alpha value is -1.79. The summed E-state index contributed by atoms with van der Waals surface area (Å²) in [6.45, 7) is 2.85. The number of nitrogens with one attached hydrogen (secondary N) is 1. The molecule has 0 aliphatic carbocycles. The van der Waals surface area contributed by atoms with Gasteiger partial charge in [0.05, 0.1) is 23.5 Å². The van der Waals surface area contributed by atoms with E-state index in [-0.39, 0.29) is 5.69 Å². The number of halogens is 2. The summed E-state index contributed by atoms with van der Waals surface area (Å²) in [6.07, 6.45) is 1.37. The molecule has 0 atom stereocenters. The molecule has 1 aromatic carbocycles. The van der Waals surface area contributed by atoms with Crippen LogP contribution in [-0.4, -0.2) is 32.6 Å². The van der Waals surface area contributed by atoms with E-state index >= 15 is 0 Å². The van der Waals surface area contributed by atoms with Crippen LogP contribution in [0.25, 0.3) is 0 Å². The van der Waals surface area contributed by atoms with Crippen molar-refractivity contribution in [3.8, 4) is 0 Å². The van der Waals surface area contributed by atoms with Crippen molar-refractivity contribution in [2.75, 3.05) is 11.9 Å². The number of carboxylic acids is 1. The molecule has 2 N–H and O–H groups in total. The number of rotatable bonds is 5. The van der Waals surface area contributed by atoms with E-state index < -0.39 is 5.97 Å². The number of nitrogens with zero attached hydrogens (tertiary/aromatic N) is 3. The van der Waals surface area contributed by atoms with Gasteiger partial charge < -0.3 is 10.4 Å². The van der Waals surface area contributed by atoms with Crippen LogP contribution in [0.2, 0.25) is 10.0 Å². The second-order valence-electron chi connectivity index (χ2n) is 4.18. The van der Waals surface area contributed by atoms with Crippen molar-refractivity contribution in [1.29, 1.82) is 0 Å². The van der Waals surface area contributed by atoms with Gasteiger partial charge in [0.15, 0.2) is 5.69 Å². The van der Waals surface area contributed by atoms with Crippen molar-refractivity contribution in [2.24, 2.45) is 0 Å². The predicted octanol–water partition coefficient (Wildman–Crippen LogP) is 2.70. The number of anilines is 1. The Bertz CT molecular complexity index is 642. The Labute approximate surface area is 125 Å². The van der Waals surface area contributed by atoms with E-state index in [2.05, 4.69) is 15.6 Å². The summed E-state index contributed by atoms with van der Waals surface area (Å²) in [5.74, 6) is -1.10.